The Morgan fingerprint density at radius 3 is 2.55 bits per heavy atom. The van der Waals surface area contributed by atoms with Crippen molar-refractivity contribution in [2.75, 3.05) is 7.11 Å². The highest BCUT2D eigenvalue weighted by atomic mass is 32.2. The van der Waals surface area contributed by atoms with Gasteiger partial charge in [-0.05, 0) is 25.0 Å². The summed E-state index contributed by atoms with van der Waals surface area (Å²) >= 11 is 0. The molecule has 6 heteroatoms. The van der Waals surface area contributed by atoms with E-state index in [9.17, 15) is 13.2 Å². The highest BCUT2D eigenvalue weighted by Crippen LogP contribution is 2.35. The van der Waals surface area contributed by atoms with Crippen LogP contribution in [0.5, 0.6) is 0 Å². The standard InChI is InChI=1S/C14H19NO4S/c1-19-13(16)14(15)10-6-5-9-12(14)20(17,18)11-7-3-2-4-8-11/h2-4,7-8,12H,5-6,9-10,15H2,1H3. The monoisotopic (exact) mass is 297 g/mol. The Hall–Kier alpha value is -1.40. The zero-order chi connectivity index (χ0) is 14.8. The first-order valence-corrected chi connectivity index (χ1v) is 8.14. The van der Waals surface area contributed by atoms with Gasteiger partial charge >= 0.3 is 5.97 Å². The second-order valence-corrected chi connectivity index (χ2v) is 7.25. The number of carbonyl (C=O) groups is 1. The molecule has 2 N–H and O–H groups in total. The molecule has 2 atom stereocenters. The van der Waals surface area contributed by atoms with Crippen LogP contribution in [0.2, 0.25) is 0 Å². The van der Waals surface area contributed by atoms with Crippen molar-refractivity contribution in [3.63, 3.8) is 0 Å². The van der Waals surface area contributed by atoms with E-state index in [4.69, 9.17) is 10.5 Å². The fourth-order valence-corrected chi connectivity index (χ4v) is 4.91. The van der Waals surface area contributed by atoms with Crippen molar-refractivity contribution in [2.45, 2.75) is 41.4 Å². The molecule has 1 aromatic carbocycles. The van der Waals surface area contributed by atoms with Crippen LogP contribution in [-0.2, 0) is 19.4 Å². The van der Waals surface area contributed by atoms with Gasteiger partial charge in [-0.3, -0.25) is 4.79 Å². The van der Waals surface area contributed by atoms with Crippen molar-refractivity contribution in [3.05, 3.63) is 30.3 Å². The number of carbonyl (C=O) groups excluding carboxylic acids is 1. The molecule has 1 aliphatic rings. The lowest BCUT2D eigenvalue weighted by Crippen LogP contribution is -2.61. The van der Waals surface area contributed by atoms with E-state index in [-0.39, 0.29) is 4.90 Å². The topological polar surface area (TPSA) is 86.5 Å². The molecule has 1 aromatic rings. The second kappa shape index (κ2) is 5.54. The van der Waals surface area contributed by atoms with Crippen LogP contribution in [0.4, 0.5) is 0 Å². The fraction of sp³-hybridized carbons (Fsp3) is 0.500. The van der Waals surface area contributed by atoms with Crippen LogP contribution < -0.4 is 5.73 Å². The summed E-state index contributed by atoms with van der Waals surface area (Å²) in [6.07, 6.45) is 2.18. The third kappa shape index (κ3) is 2.45. The SMILES string of the molecule is COC(=O)C1(N)CCCCC1S(=O)(=O)c1ccccc1. The Morgan fingerprint density at radius 2 is 1.95 bits per heavy atom. The van der Waals surface area contributed by atoms with E-state index in [0.717, 1.165) is 12.8 Å². The number of nitrogens with two attached hydrogens (primary N) is 1. The lowest BCUT2D eigenvalue weighted by Gasteiger charge is -2.37. The van der Waals surface area contributed by atoms with Gasteiger partial charge in [0.1, 0.15) is 5.54 Å². The van der Waals surface area contributed by atoms with Crippen molar-refractivity contribution in [1.29, 1.82) is 0 Å². The van der Waals surface area contributed by atoms with Crippen molar-refractivity contribution in [3.8, 4) is 0 Å². The van der Waals surface area contributed by atoms with Gasteiger partial charge in [0.2, 0.25) is 0 Å². The average molecular weight is 297 g/mol. The number of methoxy groups -OCH3 is 1. The van der Waals surface area contributed by atoms with E-state index in [1.165, 1.54) is 19.2 Å². The Kier molecular flexibility index (Phi) is 4.15. The maximum atomic E-state index is 12.7. The van der Waals surface area contributed by atoms with Gasteiger partial charge in [0.05, 0.1) is 17.3 Å². The number of benzene rings is 1. The third-order valence-electron chi connectivity index (χ3n) is 3.89. The quantitative estimate of drug-likeness (QED) is 0.849. The van der Waals surface area contributed by atoms with Gasteiger partial charge in [0.15, 0.2) is 9.84 Å². The van der Waals surface area contributed by atoms with Crippen molar-refractivity contribution in [1.82, 2.24) is 0 Å². The van der Waals surface area contributed by atoms with Crippen LogP contribution >= 0.6 is 0 Å². The van der Waals surface area contributed by atoms with E-state index >= 15 is 0 Å². The van der Waals surface area contributed by atoms with E-state index in [1.807, 2.05) is 0 Å². The van der Waals surface area contributed by atoms with Crippen LogP contribution in [0.3, 0.4) is 0 Å². The summed E-state index contributed by atoms with van der Waals surface area (Å²) in [7, 11) is -2.42. The molecule has 1 fully saturated rings. The summed E-state index contributed by atoms with van der Waals surface area (Å²) in [5.41, 5.74) is 4.67. The molecule has 0 aliphatic heterocycles. The summed E-state index contributed by atoms with van der Waals surface area (Å²) in [5.74, 6) is -0.651. The van der Waals surface area contributed by atoms with Crippen LogP contribution in [0.25, 0.3) is 0 Å². The molecular weight excluding hydrogens is 278 g/mol. The van der Waals surface area contributed by atoms with Gasteiger partial charge < -0.3 is 10.5 Å². The summed E-state index contributed by atoms with van der Waals surface area (Å²) in [6.45, 7) is 0. The molecule has 1 saturated carbocycles. The summed E-state index contributed by atoms with van der Waals surface area (Å²) in [4.78, 5) is 12.2. The summed E-state index contributed by atoms with van der Waals surface area (Å²) in [6, 6.07) is 8.12. The predicted octanol–water partition coefficient (Wildman–Crippen LogP) is 1.27. The maximum Gasteiger partial charge on any atom is 0.327 e. The fourth-order valence-electron chi connectivity index (χ4n) is 2.80. The van der Waals surface area contributed by atoms with Crippen molar-refractivity contribution in [2.24, 2.45) is 5.73 Å². The first-order chi connectivity index (χ1) is 9.43. The lowest BCUT2D eigenvalue weighted by atomic mass is 9.82. The van der Waals surface area contributed by atoms with Gasteiger partial charge in [-0.15, -0.1) is 0 Å². The number of rotatable bonds is 3. The Balaban J connectivity index is 2.45. The van der Waals surface area contributed by atoms with Crippen LogP contribution in [0.1, 0.15) is 25.7 Å². The first-order valence-electron chi connectivity index (χ1n) is 6.59. The minimum absolute atomic E-state index is 0.200. The lowest BCUT2D eigenvalue weighted by molar-refractivity contribution is -0.148. The number of esters is 1. The van der Waals surface area contributed by atoms with Gasteiger partial charge in [-0.25, -0.2) is 8.42 Å². The highest BCUT2D eigenvalue weighted by Gasteiger charge is 2.51. The van der Waals surface area contributed by atoms with Crippen LogP contribution in [-0.4, -0.2) is 32.3 Å². The molecule has 0 saturated heterocycles. The molecule has 2 unspecified atom stereocenters. The third-order valence-corrected chi connectivity index (χ3v) is 6.23. The molecule has 5 nitrogen and oxygen atoms in total. The van der Waals surface area contributed by atoms with E-state index in [0.29, 0.717) is 12.8 Å². The molecule has 110 valence electrons. The van der Waals surface area contributed by atoms with Gasteiger partial charge in [0, 0.05) is 0 Å². The molecule has 0 aromatic heterocycles. The number of sulfone groups is 1. The van der Waals surface area contributed by atoms with Crippen molar-refractivity contribution >= 4 is 15.8 Å². The molecular formula is C14H19NO4S. The molecule has 0 amide bonds. The molecule has 0 bridgehead atoms. The maximum absolute atomic E-state index is 12.7. The van der Waals surface area contributed by atoms with Gasteiger partial charge in [-0.1, -0.05) is 31.0 Å². The zero-order valence-electron chi connectivity index (χ0n) is 11.4. The minimum Gasteiger partial charge on any atom is -0.468 e. The second-order valence-electron chi connectivity index (χ2n) is 5.12. The Morgan fingerprint density at radius 1 is 1.30 bits per heavy atom. The first kappa shape index (κ1) is 15.0. The largest absolute Gasteiger partial charge is 0.468 e. The smallest absolute Gasteiger partial charge is 0.327 e. The van der Waals surface area contributed by atoms with E-state index in [2.05, 4.69) is 0 Å². The molecule has 0 radical (unpaired) electrons. The Bertz CT molecular complexity index is 584. The molecule has 0 spiro atoms. The van der Waals surface area contributed by atoms with Crippen molar-refractivity contribution < 1.29 is 17.9 Å². The van der Waals surface area contributed by atoms with Gasteiger partial charge in [0.25, 0.3) is 0 Å². The summed E-state index contributed by atoms with van der Waals surface area (Å²) in [5, 5.41) is -0.932. The minimum atomic E-state index is -3.65. The highest BCUT2D eigenvalue weighted by molar-refractivity contribution is 7.92. The molecule has 2 rings (SSSR count). The van der Waals surface area contributed by atoms with Crippen LogP contribution in [0.15, 0.2) is 35.2 Å². The number of hydrogen-bond acceptors (Lipinski definition) is 5. The normalized spacial score (nSPS) is 27.0. The Labute approximate surface area is 119 Å². The zero-order valence-corrected chi connectivity index (χ0v) is 12.2. The number of ether oxygens (including phenoxy) is 1. The summed E-state index contributed by atoms with van der Waals surface area (Å²) < 4.78 is 30.2. The van der Waals surface area contributed by atoms with E-state index < -0.39 is 26.6 Å². The van der Waals surface area contributed by atoms with Gasteiger partial charge in [-0.2, -0.15) is 0 Å². The average Bonchev–Trinajstić information content (AvgIpc) is 2.47. The predicted molar refractivity (Wildman–Crippen MR) is 74.8 cm³/mol. The number of hydrogen-bond donors (Lipinski definition) is 1. The molecule has 1 aliphatic carbocycles. The van der Waals surface area contributed by atoms with Crippen LogP contribution in [0, 0.1) is 0 Å². The van der Waals surface area contributed by atoms with E-state index in [1.54, 1.807) is 18.2 Å². The molecule has 0 heterocycles. The molecule has 20 heavy (non-hydrogen) atoms.